The first kappa shape index (κ1) is 16.2. The number of likely N-dealkylation sites (N-methyl/N-ethyl adjacent to an activating group) is 1. The van der Waals surface area contributed by atoms with Gasteiger partial charge in [0.25, 0.3) is 0 Å². The van der Waals surface area contributed by atoms with Gasteiger partial charge in [-0.05, 0) is 31.8 Å². The van der Waals surface area contributed by atoms with E-state index in [1.165, 1.54) is 5.56 Å². The molecule has 118 valence electrons. The summed E-state index contributed by atoms with van der Waals surface area (Å²) in [6.45, 7) is 3.15. The molecule has 5 nitrogen and oxygen atoms in total. The predicted octanol–water partition coefficient (Wildman–Crippen LogP) is 0.554. The molecule has 0 spiro atoms. The van der Waals surface area contributed by atoms with E-state index in [0.29, 0.717) is 13.0 Å². The summed E-state index contributed by atoms with van der Waals surface area (Å²) in [4.78, 5) is 4.36. The van der Waals surface area contributed by atoms with Gasteiger partial charge in [0, 0.05) is 38.7 Å². The highest BCUT2D eigenvalue weighted by Gasteiger charge is 2.32. The van der Waals surface area contributed by atoms with Crippen LogP contribution in [0.5, 0.6) is 5.75 Å². The van der Waals surface area contributed by atoms with Gasteiger partial charge in [0.1, 0.15) is 5.75 Å². The number of likely N-dealkylation sites (tertiary alicyclic amines) is 1. The molecule has 1 aliphatic rings. The Morgan fingerprint density at radius 1 is 1.24 bits per heavy atom. The second kappa shape index (κ2) is 7.75. The van der Waals surface area contributed by atoms with E-state index >= 15 is 0 Å². The van der Waals surface area contributed by atoms with E-state index in [-0.39, 0.29) is 18.8 Å². The van der Waals surface area contributed by atoms with Crippen molar-refractivity contribution in [3.05, 3.63) is 29.8 Å². The molecule has 0 amide bonds. The molecule has 0 aromatic heterocycles. The summed E-state index contributed by atoms with van der Waals surface area (Å²) in [6.07, 6.45) is 0.375. The minimum Gasteiger partial charge on any atom is -0.494 e. The summed E-state index contributed by atoms with van der Waals surface area (Å²) in [5.74, 6) is 0.833. The first-order valence-electron chi connectivity index (χ1n) is 7.49. The van der Waals surface area contributed by atoms with E-state index in [1.807, 2.05) is 26.2 Å². The molecule has 0 bridgehead atoms. The molecule has 0 radical (unpaired) electrons. The largest absolute Gasteiger partial charge is 0.494 e. The Kier molecular flexibility index (Phi) is 5.99. The molecule has 1 aromatic rings. The van der Waals surface area contributed by atoms with Crippen molar-refractivity contribution < 1.29 is 14.9 Å². The van der Waals surface area contributed by atoms with Crippen LogP contribution in [-0.2, 0) is 6.54 Å². The lowest BCUT2D eigenvalue weighted by Crippen LogP contribution is -2.37. The lowest BCUT2D eigenvalue weighted by Gasteiger charge is -2.21. The van der Waals surface area contributed by atoms with Crippen LogP contribution in [0.15, 0.2) is 24.3 Å². The van der Waals surface area contributed by atoms with Crippen molar-refractivity contribution in [3.63, 3.8) is 0 Å². The molecule has 2 atom stereocenters. The summed E-state index contributed by atoms with van der Waals surface area (Å²) < 4.78 is 5.52. The van der Waals surface area contributed by atoms with Gasteiger partial charge in [-0.15, -0.1) is 0 Å². The van der Waals surface area contributed by atoms with Crippen LogP contribution in [0, 0.1) is 0 Å². The number of β-amino-alcohol motifs (C(OH)–C–C–N with tert-alkyl or cyclic N) is 1. The quantitative estimate of drug-likeness (QED) is 0.720. The summed E-state index contributed by atoms with van der Waals surface area (Å²) >= 11 is 0. The van der Waals surface area contributed by atoms with Crippen molar-refractivity contribution in [2.75, 3.05) is 40.4 Å². The third-order valence-electron chi connectivity index (χ3n) is 3.90. The number of nitrogens with zero attached hydrogens (tertiary/aromatic N) is 2. The molecule has 1 aliphatic heterocycles. The van der Waals surface area contributed by atoms with Crippen molar-refractivity contribution in [1.29, 1.82) is 0 Å². The highest BCUT2D eigenvalue weighted by molar-refractivity contribution is 5.27. The van der Waals surface area contributed by atoms with Crippen LogP contribution in [0.1, 0.15) is 12.0 Å². The second-order valence-corrected chi connectivity index (χ2v) is 5.86. The van der Waals surface area contributed by atoms with Crippen LogP contribution < -0.4 is 4.74 Å². The van der Waals surface area contributed by atoms with Gasteiger partial charge < -0.3 is 19.8 Å². The Morgan fingerprint density at radius 2 is 1.95 bits per heavy atom. The fraction of sp³-hybridized carbons (Fsp3) is 0.625. The van der Waals surface area contributed by atoms with Gasteiger partial charge in [0.15, 0.2) is 0 Å². The number of aliphatic hydroxyl groups is 2. The summed E-state index contributed by atoms with van der Waals surface area (Å²) in [5, 5.41) is 18.8. The molecular weight excluding hydrogens is 268 g/mol. The zero-order valence-electron chi connectivity index (χ0n) is 12.9. The van der Waals surface area contributed by atoms with Gasteiger partial charge in [-0.3, -0.25) is 4.90 Å². The van der Waals surface area contributed by atoms with E-state index in [0.717, 1.165) is 25.4 Å². The van der Waals surface area contributed by atoms with Gasteiger partial charge in [-0.2, -0.15) is 0 Å². The molecule has 1 saturated heterocycles. The third kappa shape index (κ3) is 4.68. The zero-order chi connectivity index (χ0) is 15.2. The molecular formula is C16H26N2O3. The fourth-order valence-corrected chi connectivity index (χ4v) is 2.69. The lowest BCUT2D eigenvalue weighted by molar-refractivity contribution is 0.112. The van der Waals surface area contributed by atoms with E-state index in [9.17, 15) is 5.11 Å². The molecule has 0 saturated carbocycles. The highest BCUT2D eigenvalue weighted by Crippen LogP contribution is 2.19. The van der Waals surface area contributed by atoms with E-state index in [1.54, 1.807) is 0 Å². The van der Waals surface area contributed by atoms with Crippen LogP contribution in [0.25, 0.3) is 0 Å². The molecule has 21 heavy (non-hydrogen) atoms. The summed E-state index contributed by atoms with van der Waals surface area (Å²) in [5.41, 5.74) is 1.22. The zero-order valence-corrected chi connectivity index (χ0v) is 12.9. The van der Waals surface area contributed by atoms with Gasteiger partial charge in [0.2, 0.25) is 0 Å². The Hall–Kier alpha value is -1.14. The second-order valence-electron chi connectivity index (χ2n) is 5.86. The average molecular weight is 294 g/mol. The maximum atomic E-state index is 10.0. The van der Waals surface area contributed by atoms with E-state index in [4.69, 9.17) is 9.84 Å². The van der Waals surface area contributed by atoms with Crippen molar-refractivity contribution >= 4 is 0 Å². The first-order valence-corrected chi connectivity index (χ1v) is 7.49. The van der Waals surface area contributed by atoms with Crippen LogP contribution in [0.4, 0.5) is 0 Å². The number of hydrogen-bond donors (Lipinski definition) is 2. The molecule has 5 heteroatoms. The van der Waals surface area contributed by atoms with Crippen LogP contribution in [-0.4, -0.2) is 72.6 Å². The van der Waals surface area contributed by atoms with Crippen molar-refractivity contribution in [1.82, 2.24) is 9.80 Å². The molecule has 0 unspecified atom stereocenters. The Bertz CT molecular complexity index is 422. The highest BCUT2D eigenvalue weighted by atomic mass is 16.5. The summed E-state index contributed by atoms with van der Waals surface area (Å²) in [6, 6.07) is 8.25. The van der Waals surface area contributed by atoms with Crippen LogP contribution in [0.2, 0.25) is 0 Å². The summed E-state index contributed by atoms with van der Waals surface area (Å²) in [7, 11) is 4.02. The normalized spacial score (nSPS) is 22.9. The van der Waals surface area contributed by atoms with Crippen molar-refractivity contribution in [3.8, 4) is 5.75 Å². The number of rotatable bonds is 7. The maximum absolute atomic E-state index is 10.0. The number of benzene rings is 1. The molecule has 1 aromatic carbocycles. The van der Waals surface area contributed by atoms with E-state index in [2.05, 4.69) is 21.9 Å². The van der Waals surface area contributed by atoms with Gasteiger partial charge in [0.05, 0.1) is 12.7 Å². The van der Waals surface area contributed by atoms with Crippen molar-refractivity contribution in [2.24, 2.45) is 0 Å². The molecule has 0 aliphatic carbocycles. The Labute approximate surface area is 126 Å². The maximum Gasteiger partial charge on any atom is 0.119 e. The lowest BCUT2D eigenvalue weighted by atomic mass is 10.2. The predicted molar refractivity (Wildman–Crippen MR) is 82.4 cm³/mol. The minimum absolute atomic E-state index is 0.155. The fourth-order valence-electron chi connectivity index (χ4n) is 2.69. The molecule has 2 N–H and O–H groups in total. The SMILES string of the molecule is CN(C)[C@H]1CN(Cc2ccc(OCCCO)cc2)C[C@@H]1O. The molecule has 1 heterocycles. The molecule has 2 rings (SSSR count). The Morgan fingerprint density at radius 3 is 2.52 bits per heavy atom. The monoisotopic (exact) mass is 294 g/mol. The van der Waals surface area contributed by atoms with Gasteiger partial charge in [-0.25, -0.2) is 0 Å². The minimum atomic E-state index is -0.277. The molecule has 1 fully saturated rings. The number of hydrogen-bond acceptors (Lipinski definition) is 5. The number of ether oxygens (including phenoxy) is 1. The van der Waals surface area contributed by atoms with Crippen LogP contribution in [0.3, 0.4) is 0 Å². The van der Waals surface area contributed by atoms with Gasteiger partial charge >= 0.3 is 0 Å². The first-order chi connectivity index (χ1) is 10.1. The Balaban J connectivity index is 1.83. The smallest absolute Gasteiger partial charge is 0.119 e. The topological polar surface area (TPSA) is 56.2 Å². The van der Waals surface area contributed by atoms with Gasteiger partial charge in [-0.1, -0.05) is 12.1 Å². The van der Waals surface area contributed by atoms with Crippen molar-refractivity contribution in [2.45, 2.75) is 25.1 Å². The van der Waals surface area contributed by atoms with E-state index < -0.39 is 0 Å². The average Bonchev–Trinajstić information content (AvgIpc) is 2.82. The number of aliphatic hydroxyl groups excluding tert-OH is 2. The standard InChI is InChI=1S/C16H26N2O3/c1-17(2)15-11-18(12-16(15)20)10-13-4-6-14(7-5-13)21-9-3-8-19/h4-7,15-16,19-20H,3,8-12H2,1-2H3/t15-,16-/m0/s1. The third-order valence-corrected chi connectivity index (χ3v) is 3.90. The van der Waals surface area contributed by atoms with Crippen LogP contribution >= 0.6 is 0 Å².